The van der Waals surface area contributed by atoms with Gasteiger partial charge in [-0.15, -0.1) is 0 Å². The third-order valence-electron chi connectivity index (χ3n) is 3.47. The van der Waals surface area contributed by atoms with Crippen LogP contribution in [0.4, 0.5) is 0 Å². The number of Topliss-reactive ketones (excluding diaryl/α,β-unsaturated/α-hetero) is 1. The number of benzene rings is 1. The summed E-state index contributed by atoms with van der Waals surface area (Å²) in [6, 6.07) is 3.86. The van der Waals surface area contributed by atoms with Gasteiger partial charge in [0.1, 0.15) is 5.75 Å². The van der Waals surface area contributed by atoms with Gasteiger partial charge in [0.2, 0.25) is 0 Å². The van der Waals surface area contributed by atoms with Crippen LogP contribution in [0.25, 0.3) is 0 Å². The number of rotatable bonds is 2. The van der Waals surface area contributed by atoms with Crippen molar-refractivity contribution in [3.05, 3.63) is 27.7 Å². The molecule has 0 spiro atoms. The van der Waals surface area contributed by atoms with Crippen LogP contribution in [-0.4, -0.2) is 12.4 Å². The highest BCUT2D eigenvalue weighted by Crippen LogP contribution is 2.38. The first kappa shape index (κ1) is 13.6. The Morgan fingerprint density at radius 2 is 2.11 bits per heavy atom. The monoisotopic (exact) mass is 310 g/mol. The fourth-order valence-corrected chi connectivity index (χ4v) is 3.08. The maximum Gasteiger partial charge on any atom is 0.163 e. The number of carbonyl (C=O) groups excluding carboxylic acids is 1. The van der Waals surface area contributed by atoms with E-state index < -0.39 is 0 Å². The van der Waals surface area contributed by atoms with Crippen LogP contribution in [-0.2, 0) is 6.42 Å². The summed E-state index contributed by atoms with van der Waals surface area (Å²) >= 11 is 3.57. The van der Waals surface area contributed by atoms with E-state index >= 15 is 0 Å². The van der Waals surface area contributed by atoms with Gasteiger partial charge in [-0.05, 0) is 42.9 Å². The lowest BCUT2D eigenvalue weighted by Gasteiger charge is -2.20. The molecular weight excluding hydrogens is 292 g/mol. The number of ether oxygens (including phenoxy) is 1. The van der Waals surface area contributed by atoms with Crippen LogP contribution in [0.2, 0.25) is 0 Å². The van der Waals surface area contributed by atoms with E-state index in [1.54, 1.807) is 0 Å². The Bertz CT molecular complexity index is 478. The quantitative estimate of drug-likeness (QED) is 0.757. The Hall–Kier alpha value is -0.830. The van der Waals surface area contributed by atoms with Gasteiger partial charge < -0.3 is 4.74 Å². The van der Waals surface area contributed by atoms with Crippen LogP contribution in [0, 0.1) is 5.41 Å². The Morgan fingerprint density at radius 3 is 2.78 bits per heavy atom. The van der Waals surface area contributed by atoms with E-state index in [-0.39, 0.29) is 11.2 Å². The molecule has 0 N–H and O–H groups in total. The molecule has 2 nitrogen and oxygen atoms in total. The SMILES string of the molecule is CCOc1cc(Br)c2c(c1)C(=O)CC(C)(C)CC2. The summed E-state index contributed by atoms with van der Waals surface area (Å²) in [5.74, 6) is 1.01. The maximum atomic E-state index is 12.4. The first-order valence-electron chi connectivity index (χ1n) is 6.41. The molecular formula is C15H19BrO2. The molecule has 1 aliphatic rings. The van der Waals surface area contributed by atoms with E-state index in [4.69, 9.17) is 4.74 Å². The third-order valence-corrected chi connectivity index (χ3v) is 4.18. The molecule has 0 radical (unpaired) electrons. The number of hydrogen-bond acceptors (Lipinski definition) is 2. The molecule has 0 heterocycles. The molecule has 0 saturated carbocycles. The summed E-state index contributed by atoms with van der Waals surface area (Å²) in [4.78, 5) is 12.4. The average molecular weight is 311 g/mol. The Kier molecular flexibility index (Phi) is 3.81. The number of ketones is 1. The van der Waals surface area contributed by atoms with Crippen LogP contribution in [0.5, 0.6) is 5.75 Å². The van der Waals surface area contributed by atoms with E-state index in [1.165, 1.54) is 0 Å². The number of hydrogen-bond donors (Lipinski definition) is 0. The summed E-state index contributed by atoms with van der Waals surface area (Å²) in [5, 5.41) is 0. The highest BCUT2D eigenvalue weighted by atomic mass is 79.9. The summed E-state index contributed by atoms with van der Waals surface area (Å²) in [7, 11) is 0. The second-order valence-corrected chi connectivity index (χ2v) is 6.48. The van der Waals surface area contributed by atoms with Crippen LogP contribution >= 0.6 is 15.9 Å². The van der Waals surface area contributed by atoms with E-state index in [9.17, 15) is 4.79 Å². The molecule has 0 atom stereocenters. The highest BCUT2D eigenvalue weighted by molar-refractivity contribution is 9.10. The van der Waals surface area contributed by atoms with Crippen molar-refractivity contribution in [3.8, 4) is 5.75 Å². The molecule has 18 heavy (non-hydrogen) atoms. The number of carbonyl (C=O) groups is 1. The van der Waals surface area contributed by atoms with Gasteiger partial charge in [0.25, 0.3) is 0 Å². The molecule has 0 bridgehead atoms. The van der Waals surface area contributed by atoms with Crippen molar-refractivity contribution in [2.24, 2.45) is 5.41 Å². The van der Waals surface area contributed by atoms with Crippen molar-refractivity contribution in [1.82, 2.24) is 0 Å². The lowest BCUT2D eigenvalue weighted by atomic mass is 9.84. The minimum atomic E-state index is 0.0846. The summed E-state index contributed by atoms with van der Waals surface area (Å²) in [6.07, 6.45) is 2.60. The van der Waals surface area contributed by atoms with Crippen LogP contribution in [0.3, 0.4) is 0 Å². The van der Waals surface area contributed by atoms with Crippen molar-refractivity contribution < 1.29 is 9.53 Å². The molecule has 0 aromatic heterocycles. The van der Waals surface area contributed by atoms with Gasteiger partial charge in [-0.3, -0.25) is 4.79 Å². The highest BCUT2D eigenvalue weighted by Gasteiger charge is 2.29. The van der Waals surface area contributed by atoms with Crippen LogP contribution in [0.15, 0.2) is 16.6 Å². The van der Waals surface area contributed by atoms with Crippen molar-refractivity contribution in [2.45, 2.75) is 40.0 Å². The zero-order chi connectivity index (χ0) is 13.3. The van der Waals surface area contributed by atoms with Gasteiger partial charge in [-0.25, -0.2) is 0 Å². The van der Waals surface area contributed by atoms with Crippen LogP contribution in [0.1, 0.15) is 49.5 Å². The van der Waals surface area contributed by atoms with Gasteiger partial charge in [0.15, 0.2) is 5.78 Å². The Morgan fingerprint density at radius 1 is 1.39 bits per heavy atom. The first-order valence-corrected chi connectivity index (χ1v) is 7.20. The van der Waals surface area contributed by atoms with Gasteiger partial charge >= 0.3 is 0 Å². The molecule has 0 fully saturated rings. The van der Waals surface area contributed by atoms with Gasteiger partial charge in [0.05, 0.1) is 6.61 Å². The summed E-state index contributed by atoms with van der Waals surface area (Å²) in [5.41, 5.74) is 2.05. The molecule has 2 rings (SSSR count). The first-order chi connectivity index (χ1) is 8.43. The Balaban J connectivity index is 2.46. The van der Waals surface area contributed by atoms with Crippen molar-refractivity contribution in [1.29, 1.82) is 0 Å². The topological polar surface area (TPSA) is 26.3 Å². The van der Waals surface area contributed by atoms with E-state index in [2.05, 4.69) is 29.8 Å². The molecule has 0 amide bonds. The standard InChI is InChI=1S/C15H19BrO2/c1-4-18-10-7-12-11(13(16)8-10)5-6-15(2,3)9-14(12)17/h7-8H,4-6,9H2,1-3H3. The lowest BCUT2D eigenvalue weighted by molar-refractivity contribution is 0.0934. The van der Waals surface area contributed by atoms with Crippen molar-refractivity contribution >= 4 is 21.7 Å². The van der Waals surface area contributed by atoms with Crippen molar-refractivity contribution in [2.75, 3.05) is 6.61 Å². The lowest BCUT2D eigenvalue weighted by Crippen LogP contribution is -2.14. The third kappa shape index (κ3) is 2.77. The summed E-state index contributed by atoms with van der Waals surface area (Å²) in [6.45, 7) is 6.89. The smallest absolute Gasteiger partial charge is 0.163 e. The predicted molar refractivity (Wildman–Crippen MR) is 76.4 cm³/mol. The zero-order valence-electron chi connectivity index (χ0n) is 11.2. The fraction of sp³-hybridized carbons (Fsp3) is 0.533. The molecule has 1 aromatic carbocycles. The maximum absolute atomic E-state index is 12.4. The fourth-order valence-electron chi connectivity index (χ4n) is 2.45. The second-order valence-electron chi connectivity index (χ2n) is 5.63. The molecule has 0 unspecified atom stereocenters. The van der Waals surface area contributed by atoms with Gasteiger partial charge in [-0.1, -0.05) is 29.8 Å². The number of fused-ring (bicyclic) bond motifs is 1. The second kappa shape index (κ2) is 5.04. The van der Waals surface area contributed by atoms with Crippen LogP contribution < -0.4 is 4.74 Å². The molecule has 3 heteroatoms. The predicted octanol–water partition coefficient (Wildman–Crippen LogP) is 4.39. The van der Waals surface area contributed by atoms with Gasteiger partial charge in [0, 0.05) is 16.5 Å². The normalized spacial score (nSPS) is 18.1. The molecule has 0 aliphatic heterocycles. The Labute approximate surface area is 117 Å². The average Bonchev–Trinajstić information content (AvgIpc) is 2.37. The summed E-state index contributed by atoms with van der Waals surface area (Å²) < 4.78 is 6.51. The minimum Gasteiger partial charge on any atom is -0.494 e. The molecule has 0 saturated heterocycles. The molecule has 1 aliphatic carbocycles. The molecule has 98 valence electrons. The van der Waals surface area contributed by atoms with E-state index in [0.29, 0.717) is 13.0 Å². The van der Waals surface area contributed by atoms with E-state index in [1.807, 2.05) is 19.1 Å². The zero-order valence-corrected chi connectivity index (χ0v) is 12.8. The number of halogens is 1. The van der Waals surface area contributed by atoms with E-state index in [0.717, 1.165) is 34.2 Å². The van der Waals surface area contributed by atoms with Crippen molar-refractivity contribution in [3.63, 3.8) is 0 Å². The molecule has 1 aromatic rings. The van der Waals surface area contributed by atoms with Gasteiger partial charge in [-0.2, -0.15) is 0 Å². The minimum absolute atomic E-state index is 0.0846. The largest absolute Gasteiger partial charge is 0.494 e.